The lowest BCUT2D eigenvalue weighted by Gasteiger charge is -2.21. The van der Waals surface area contributed by atoms with Gasteiger partial charge in [-0.25, -0.2) is 4.79 Å². The van der Waals surface area contributed by atoms with Crippen LogP contribution in [0.15, 0.2) is 60.7 Å². The first-order valence-corrected chi connectivity index (χ1v) is 8.44. The Bertz CT molecular complexity index is 748. The van der Waals surface area contributed by atoms with E-state index >= 15 is 0 Å². The summed E-state index contributed by atoms with van der Waals surface area (Å²) < 4.78 is 15.1. The third-order valence-corrected chi connectivity index (χ3v) is 3.42. The van der Waals surface area contributed by atoms with Crippen LogP contribution < -0.4 is 9.64 Å². The molecule has 0 heterocycles. The van der Waals surface area contributed by atoms with Gasteiger partial charge in [-0.1, -0.05) is 36.4 Å². The molecular weight excluding hydrogens is 350 g/mol. The number of anilines is 1. The van der Waals surface area contributed by atoms with E-state index in [1.165, 1.54) is 4.90 Å². The molecule has 0 aliphatic carbocycles. The van der Waals surface area contributed by atoms with Gasteiger partial charge in [0.25, 0.3) is 5.91 Å². The van der Waals surface area contributed by atoms with E-state index < -0.39 is 24.5 Å². The maximum Gasteiger partial charge on any atom is 0.344 e. The number of nitrogens with zero attached hydrogens (tertiary/aromatic N) is 1. The van der Waals surface area contributed by atoms with E-state index in [2.05, 4.69) is 0 Å². The monoisotopic (exact) mass is 371 g/mol. The lowest BCUT2D eigenvalue weighted by molar-refractivity contribution is -0.150. The fourth-order valence-corrected chi connectivity index (χ4v) is 2.19. The van der Waals surface area contributed by atoms with Crippen LogP contribution in [0.4, 0.5) is 5.69 Å². The summed E-state index contributed by atoms with van der Waals surface area (Å²) in [6, 6.07) is 17.4. The minimum Gasteiger partial charge on any atom is -0.482 e. The number of benzene rings is 2. The molecule has 0 fully saturated rings. The molecule has 0 radical (unpaired) electrons. The SMILES string of the molecule is CCOC(=O)CN(C(=O)COC(=O)COc1ccccc1)c1ccccc1. The Morgan fingerprint density at radius 1 is 0.815 bits per heavy atom. The summed E-state index contributed by atoms with van der Waals surface area (Å²) in [5, 5.41) is 0. The Balaban J connectivity index is 1.90. The second kappa shape index (κ2) is 10.6. The number of ether oxygens (including phenoxy) is 3. The van der Waals surface area contributed by atoms with E-state index in [4.69, 9.17) is 14.2 Å². The van der Waals surface area contributed by atoms with E-state index in [9.17, 15) is 14.4 Å². The van der Waals surface area contributed by atoms with Crippen LogP contribution in [-0.2, 0) is 23.9 Å². The average molecular weight is 371 g/mol. The molecule has 2 rings (SSSR count). The molecule has 0 spiro atoms. The van der Waals surface area contributed by atoms with E-state index in [-0.39, 0.29) is 19.8 Å². The van der Waals surface area contributed by atoms with Gasteiger partial charge in [-0.15, -0.1) is 0 Å². The van der Waals surface area contributed by atoms with Gasteiger partial charge < -0.3 is 14.2 Å². The molecule has 142 valence electrons. The first-order chi connectivity index (χ1) is 13.1. The van der Waals surface area contributed by atoms with Crippen LogP contribution >= 0.6 is 0 Å². The Labute approximate surface area is 157 Å². The molecular formula is C20H21NO6. The fraction of sp³-hybridized carbons (Fsp3) is 0.250. The quantitative estimate of drug-likeness (QED) is 0.629. The van der Waals surface area contributed by atoms with Gasteiger partial charge in [-0.05, 0) is 31.2 Å². The molecule has 0 N–H and O–H groups in total. The molecule has 0 unspecified atom stereocenters. The van der Waals surface area contributed by atoms with Gasteiger partial charge in [0.1, 0.15) is 12.3 Å². The van der Waals surface area contributed by atoms with Crippen molar-refractivity contribution in [2.24, 2.45) is 0 Å². The van der Waals surface area contributed by atoms with Gasteiger partial charge in [-0.3, -0.25) is 14.5 Å². The smallest absolute Gasteiger partial charge is 0.344 e. The number of para-hydroxylation sites is 2. The summed E-state index contributed by atoms with van der Waals surface area (Å²) in [7, 11) is 0. The molecule has 27 heavy (non-hydrogen) atoms. The summed E-state index contributed by atoms with van der Waals surface area (Å²) in [6.07, 6.45) is 0. The standard InChI is InChI=1S/C20H21NO6/c1-2-25-19(23)13-21(16-9-5-3-6-10-16)18(22)14-27-20(24)15-26-17-11-7-4-8-12-17/h3-12H,2,13-15H2,1H3. The molecule has 2 aromatic carbocycles. The van der Waals surface area contributed by atoms with Crippen molar-refractivity contribution in [3.8, 4) is 5.75 Å². The number of carbonyl (C=O) groups excluding carboxylic acids is 3. The first kappa shape index (κ1) is 20.0. The lowest BCUT2D eigenvalue weighted by Crippen LogP contribution is -2.39. The average Bonchev–Trinajstić information content (AvgIpc) is 2.70. The van der Waals surface area contributed by atoms with Crippen molar-refractivity contribution in [1.29, 1.82) is 0 Å². The van der Waals surface area contributed by atoms with E-state index in [1.54, 1.807) is 61.5 Å². The predicted molar refractivity (Wildman–Crippen MR) is 98.3 cm³/mol. The fourth-order valence-electron chi connectivity index (χ4n) is 2.19. The van der Waals surface area contributed by atoms with Gasteiger partial charge in [0.2, 0.25) is 0 Å². The van der Waals surface area contributed by atoms with Crippen molar-refractivity contribution in [2.75, 3.05) is 31.3 Å². The summed E-state index contributed by atoms with van der Waals surface area (Å²) in [4.78, 5) is 37.3. The van der Waals surface area contributed by atoms with Crippen LogP contribution in [0.25, 0.3) is 0 Å². The Morgan fingerprint density at radius 2 is 1.44 bits per heavy atom. The molecule has 1 amide bonds. The van der Waals surface area contributed by atoms with Crippen molar-refractivity contribution in [3.63, 3.8) is 0 Å². The highest BCUT2D eigenvalue weighted by atomic mass is 16.6. The Hall–Kier alpha value is -3.35. The molecule has 2 aromatic rings. The number of hydrogen-bond donors (Lipinski definition) is 0. The van der Waals surface area contributed by atoms with Crippen LogP contribution in [0.1, 0.15) is 6.92 Å². The van der Waals surface area contributed by atoms with Crippen molar-refractivity contribution in [2.45, 2.75) is 6.92 Å². The third kappa shape index (κ3) is 6.81. The minimum absolute atomic E-state index is 0.210. The highest BCUT2D eigenvalue weighted by Gasteiger charge is 2.21. The third-order valence-electron chi connectivity index (χ3n) is 3.42. The number of carbonyl (C=O) groups is 3. The summed E-state index contributed by atoms with van der Waals surface area (Å²) >= 11 is 0. The maximum atomic E-state index is 12.5. The topological polar surface area (TPSA) is 82.1 Å². The molecule has 0 saturated carbocycles. The molecule has 7 nitrogen and oxygen atoms in total. The van der Waals surface area contributed by atoms with E-state index in [0.29, 0.717) is 11.4 Å². The van der Waals surface area contributed by atoms with E-state index in [1.807, 2.05) is 6.07 Å². The largest absolute Gasteiger partial charge is 0.482 e. The maximum absolute atomic E-state index is 12.5. The predicted octanol–water partition coefficient (Wildman–Crippen LogP) is 2.20. The first-order valence-electron chi connectivity index (χ1n) is 8.44. The van der Waals surface area contributed by atoms with Crippen LogP contribution in [0.2, 0.25) is 0 Å². The van der Waals surface area contributed by atoms with Crippen LogP contribution in [0, 0.1) is 0 Å². The highest BCUT2D eigenvalue weighted by Crippen LogP contribution is 2.14. The van der Waals surface area contributed by atoms with Crippen molar-refractivity contribution < 1.29 is 28.6 Å². The number of hydrogen-bond acceptors (Lipinski definition) is 6. The molecule has 0 aliphatic heterocycles. The van der Waals surface area contributed by atoms with Gasteiger partial charge in [0.15, 0.2) is 13.2 Å². The lowest BCUT2D eigenvalue weighted by atomic mass is 10.3. The zero-order valence-corrected chi connectivity index (χ0v) is 15.0. The van der Waals surface area contributed by atoms with Gasteiger partial charge >= 0.3 is 11.9 Å². The highest BCUT2D eigenvalue weighted by molar-refractivity contribution is 5.99. The van der Waals surface area contributed by atoms with Gasteiger partial charge in [0, 0.05) is 5.69 Å². The molecule has 0 aliphatic rings. The van der Waals surface area contributed by atoms with E-state index in [0.717, 1.165) is 0 Å². The van der Waals surface area contributed by atoms with Crippen molar-refractivity contribution >= 4 is 23.5 Å². The van der Waals surface area contributed by atoms with Crippen LogP contribution in [-0.4, -0.2) is 44.2 Å². The van der Waals surface area contributed by atoms with Crippen molar-refractivity contribution in [3.05, 3.63) is 60.7 Å². The second-order valence-corrected chi connectivity index (χ2v) is 5.38. The van der Waals surface area contributed by atoms with Crippen LogP contribution in [0.5, 0.6) is 5.75 Å². The summed E-state index contributed by atoms with van der Waals surface area (Å²) in [6.45, 7) is 0.795. The normalized spacial score (nSPS) is 9.96. The molecule has 0 atom stereocenters. The Morgan fingerprint density at radius 3 is 2.07 bits per heavy atom. The second-order valence-electron chi connectivity index (χ2n) is 5.38. The van der Waals surface area contributed by atoms with Gasteiger partial charge in [-0.2, -0.15) is 0 Å². The molecule has 0 saturated heterocycles. The van der Waals surface area contributed by atoms with Crippen molar-refractivity contribution in [1.82, 2.24) is 0 Å². The van der Waals surface area contributed by atoms with Gasteiger partial charge in [0.05, 0.1) is 6.61 Å². The zero-order valence-electron chi connectivity index (χ0n) is 15.0. The minimum atomic E-state index is -0.684. The number of amides is 1. The van der Waals surface area contributed by atoms with Crippen LogP contribution in [0.3, 0.4) is 0 Å². The number of esters is 2. The summed E-state index contributed by atoms with van der Waals surface area (Å²) in [5.74, 6) is -1.25. The zero-order chi connectivity index (χ0) is 19.5. The molecule has 0 bridgehead atoms. The Kier molecular flexibility index (Phi) is 7.84. The number of rotatable bonds is 9. The molecule has 0 aromatic heterocycles. The summed E-state index contributed by atoms with van der Waals surface area (Å²) in [5.41, 5.74) is 0.507. The molecule has 7 heteroatoms.